The molecular formula is C14H20ClN3. The van der Waals surface area contributed by atoms with Crippen LogP contribution in [0.2, 0.25) is 5.02 Å². The SMILES string of the molecule is Clc1cnccc1CN(C[C@@H]1CCCN1)C1CC1. The van der Waals surface area contributed by atoms with Gasteiger partial charge < -0.3 is 5.32 Å². The van der Waals surface area contributed by atoms with Gasteiger partial charge in [0.2, 0.25) is 0 Å². The van der Waals surface area contributed by atoms with E-state index in [0.717, 1.165) is 24.2 Å². The zero-order chi connectivity index (χ0) is 12.4. The average molecular weight is 266 g/mol. The fourth-order valence-corrected chi connectivity index (χ4v) is 2.91. The van der Waals surface area contributed by atoms with Gasteiger partial charge in [-0.1, -0.05) is 11.6 Å². The molecule has 1 aromatic heterocycles. The normalized spacial score (nSPS) is 23.8. The molecule has 2 heterocycles. The molecule has 0 amide bonds. The smallest absolute Gasteiger partial charge is 0.0634 e. The van der Waals surface area contributed by atoms with Crippen LogP contribution in [0.3, 0.4) is 0 Å². The summed E-state index contributed by atoms with van der Waals surface area (Å²) in [6.07, 6.45) is 8.90. The summed E-state index contributed by atoms with van der Waals surface area (Å²) in [4.78, 5) is 6.64. The minimum absolute atomic E-state index is 0.672. The van der Waals surface area contributed by atoms with Gasteiger partial charge >= 0.3 is 0 Å². The van der Waals surface area contributed by atoms with Gasteiger partial charge in [0, 0.05) is 37.6 Å². The van der Waals surface area contributed by atoms with Crippen LogP contribution in [0.4, 0.5) is 0 Å². The fourth-order valence-electron chi connectivity index (χ4n) is 2.73. The molecule has 3 nitrogen and oxygen atoms in total. The number of hydrogen-bond donors (Lipinski definition) is 1. The third-order valence-electron chi connectivity index (χ3n) is 3.91. The lowest BCUT2D eigenvalue weighted by Gasteiger charge is -2.25. The Morgan fingerprint density at radius 2 is 2.28 bits per heavy atom. The van der Waals surface area contributed by atoms with E-state index in [-0.39, 0.29) is 0 Å². The highest BCUT2D eigenvalue weighted by Crippen LogP contribution is 2.30. The monoisotopic (exact) mass is 265 g/mol. The van der Waals surface area contributed by atoms with E-state index in [1.807, 2.05) is 12.3 Å². The summed E-state index contributed by atoms with van der Waals surface area (Å²) in [6.45, 7) is 3.30. The topological polar surface area (TPSA) is 28.2 Å². The number of hydrogen-bond acceptors (Lipinski definition) is 3. The number of nitrogens with zero attached hydrogens (tertiary/aromatic N) is 2. The van der Waals surface area contributed by atoms with Gasteiger partial charge in [-0.15, -0.1) is 0 Å². The zero-order valence-electron chi connectivity index (χ0n) is 10.6. The minimum atomic E-state index is 0.672. The Kier molecular flexibility index (Phi) is 3.83. The Morgan fingerprint density at radius 1 is 1.39 bits per heavy atom. The maximum absolute atomic E-state index is 6.21. The Balaban J connectivity index is 1.64. The third kappa shape index (κ3) is 3.02. The van der Waals surface area contributed by atoms with E-state index < -0.39 is 0 Å². The van der Waals surface area contributed by atoms with Crippen LogP contribution in [0.1, 0.15) is 31.2 Å². The summed E-state index contributed by atoms with van der Waals surface area (Å²) in [5, 5.41) is 4.38. The maximum Gasteiger partial charge on any atom is 0.0634 e. The highest BCUT2D eigenvalue weighted by atomic mass is 35.5. The molecule has 1 aliphatic carbocycles. The van der Waals surface area contributed by atoms with Gasteiger partial charge in [-0.3, -0.25) is 9.88 Å². The summed E-state index contributed by atoms with van der Waals surface area (Å²) in [6, 6.07) is 3.49. The number of halogens is 1. The van der Waals surface area contributed by atoms with Crippen molar-refractivity contribution in [1.29, 1.82) is 0 Å². The first-order chi connectivity index (χ1) is 8.83. The molecule has 1 atom stereocenters. The van der Waals surface area contributed by atoms with Gasteiger partial charge in [-0.2, -0.15) is 0 Å². The van der Waals surface area contributed by atoms with Gasteiger partial charge in [0.05, 0.1) is 5.02 Å². The molecule has 1 N–H and O–H groups in total. The molecule has 0 unspecified atom stereocenters. The Morgan fingerprint density at radius 3 is 2.94 bits per heavy atom. The molecule has 1 aliphatic heterocycles. The summed E-state index contributed by atoms with van der Waals surface area (Å²) in [5.74, 6) is 0. The zero-order valence-corrected chi connectivity index (χ0v) is 11.4. The molecule has 98 valence electrons. The number of aromatic nitrogens is 1. The van der Waals surface area contributed by atoms with E-state index >= 15 is 0 Å². The van der Waals surface area contributed by atoms with Crippen molar-refractivity contribution >= 4 is 11.6 Å². The third-order valence-corrected chi connectivity index (χ3v) is 4.25. The summed E-state index contributed by atoms with van der Waals surface area (Å²) in [7, 11) is 0. The number of pyridine rings is 1. The molecule has 0 bridgehead atoms. The summed E-state index contributed by atoms with van der Waals surface area (Å²) in [5.41, 5.74) is 1.21. The molecule has 0 radical (unpaired) electrons. The Bertz CT molecular complexity index is 400. The average Bonchev–Trinajstić information content (AvgIpc) is 3.10. The molecule has 1 saturated heterocycles. The number of rotatable bonds is 5. The van der Waals surface area contributed by atoms with E-state index in [1.54, 1.807) is 6.20 Å². The van der Waals surface area contributed by atoms with Crippen LogP contribution in [0.15, 0.2) is 18.5 Å². The predicted octanol–water partition coefficient (Wildman–Crippen LogP) is 2.45. The Labute approximate surface area is 114 Å². The Hall–Kier alpha value is -0.640. The first kappa shape index (κ1) is 12.4. The van der Waals surface area contributed by atoms with E-state index in [4.69, 9.17) is 11.6 Å². The molecule has 3 rings (SSSR count). The quantitative estimate of drug-likeness (QED) is 0.887. The molecule has 18 heavy (non-hydrogen) atoms. The van der Waals surface area contributed by atoms with Crippen LogP contribution in [-0.2, 0) is 6.54 Å². The van der Waals surface area contributed by atoms with E-state index in [1.165, 1.54) is 37.8 Å². The van der Waals surface area contributed by atoms with Crippen molar-refractivity contribution in [1.82, 2.24) is 15.2 Å². The van der Waals surface area contributed by atoms with Gasteiger partial charge in [0.25, 0.3) is 0 Å². The second-order valence-electron chi connectivity index (χ2n) is 5.42. The van der Waals surface area contributed by atoms with E-state index in [2.05, 4.69) is 15.2 Å². The van der Waals surface area contributed by atoms with Crippen LogP contribution in [0.5, 0.6) is 0 Å². The maximum atomic E-state index is 6.21. The van der Waals surface area contributed by atoms with Crippen LogP contribution < -0.4 is 5.32 Å². The largest absolute Gasteiger partial charge is 0.313 e. The van der Waals surface area contributed by atoms with Crippen molar-refractivity contribution in [2.45, 2.75) is 44.3 Å². The molecule has 1 aromatic rings. The molecular weight excluding hydrogens is 246 g/mol. The van der Waals surface area contributed by atoms with E-state index in [0.29, 0.717) is 6.04 Å². The van der Waals surface area contributed by atoms with Gasteiger partial charge in [-0.05, 0) is 43.9 Å². The van der Waals surface area contributed by atoms with Crippen molar-refractivity contribution < 1.29 is 0 Å². The van der Waals surface area contributed by atoms with Gasteiger partial charge in [0.15, 0.2) is 0 Å². The standard InChI is InChI=1S/C14H20ClN3/c15-14-8-16-7-5-11(14)9-18(13-3-4-13)10-12-2-1-6-17-12/h5,7-8,12-13,17H,1-4,6,9-10H2/t12-/m0/s1. The van der Waals surface area contributed by atoms with Crippen LogP contribution in [0.25, 0.3) is 0 Å². The molecule has 4 heteroatoms. The highest BCUT2D eigenvalue weighted by molar-refractivity contribution is 6.31. The predicted molar refractivity (Wildman–Crippen MR) is 73.7 cm³/mol. The lowest BCUT2D eigenvalue weighted by molar-refractivity contribution is 0.231. The molecule has 2 fully saturated rings. The number of nitrogens with one attached hydrogen (secondary N) is 1. The first-order valence-corrected chi connectivity index (χ1v) is 7.26. The lowest BCUT2D eigenvalue weighted by Crippen LogP contribution is -2.38. The minimum Gasteiger partial charge on any atom is -0.313 e. The van der Waals surface area contributed by atoms with Crippen molar-refractivity contribution in [3.05, 3.63) is 29.0 Å². The second kappa shape index (κ2) is 5.55. The van der Waals surface area contributed by atoms with Crippen molar-refractivity contribution in [3.8, 4) is 0 Å². The van der Waals surface area contributed by atoms with Crippen molar-refractivity contribution in [3.63, 3.8) is 0 Å². The summed E-state index contributed by atoms with van der Waals surface area (Å²) >= 11 is 6.21. The molecule has 0 spiro atoms. The van der Waals surface area contributed by atoms with Crippen LogP contribution >= 0.6 is 11.6 Å². The first-order valence-electron chi connectivity index (χ1n) is 6.89. The molecule has 2 aliphatic rings. The van der Waals surface area contributed by atoms with Gasteiger partial charge in [0.1, 0.15) is 0 Å². The van der Waals surface area contributed by atoms with Crippen molar-refractivity contribution in [2.75, 3.05) is 13.1 Å². The lowest BCUT2D eigenvalue weighted by atomic mass is 10.2. The van der Waals surface area contributed by atoms with Crippen LogP contribution in [0, 0.1) is 0 Å². The second-order valence-corrected chi connectivity index (χ2v) is 5.83. The van der Waals surface area contributed by atoms with Crippen LogP contribution in [-0.4, -0.2) is 35.1 Å². The van der Waals surface area contributed by atoms with E-state index in [9.17, 15) is 0 Å². The highest BCUT2D eigenvalue weighted by Gasteiger charge is 2.31. The molecule has 0 aromatic carbocycles. The fraction of sp³-hybridized carbons (Fsp3) is 0.643. The van der Waals surface area contributed by atoms with Crippen molar-refractivity contribution in [2.24, 2.45) is 0 Å². The van der Waals surface area contributed by atoms with Gasteiger partial charge in [-0.25, -0.2) is 0 Å². The molecule has 1 saturated carbocycles. The summed E-state index contributed by atoms with van der Waals surface area (Å²) < 4.78 is 0.